The number of hydrogen-bond donors (Lipinski definition) is 2. The lowest BCUT2D eigenvalue weighted by Crippen LogP contribution is -2.30. The highest BCUT2D eigenvalue weighted by molar-refractivity contribution is 7.89. The number of benzene rings is 1. The van der Waals surface area contributed by atoms with Gasteiger partial charge in [-0.15, -0.1) is 0 Å². The van der Waals surface area contributed by atoms with Gasteiger partial charge in [0.05, 0.1) is 11.6 Å². The van der Waals surface area contributed by atoms with E-state index in [2.05, 4.69) is 4.72 Å². The summed E-state index contributed by atoms with van der Waals surface area (Å²) in [6, 6.07) is 4.78. The fourth-order valence-corrected chi connectivity index (χ4v) is 3.59. The number of sulfonamides is 1. The average molecular weight is 305 g/mol. The van der Waals surface area contributed by atoms with E-state index in [1.54, 1.807) is 12.1 Å². The molecule has 0 amide bonds. The molecule has 1 unspecified atom stereocenters. The van der Waals surface area contributed by atoms with Crippen LogP contribution in [0.3, 0.4) is 0 Å². The Labute approximate surface area is 118 Å². The molecule has 0 spiro atoms. The van der Waals surface area contributed by atoms with Crippen molar-refractivity contribution in [3.8, 4) is 0 Å². The highest BCUT2D eigenvalue weighted by Gasteiger charge is 2.22. The van der Waals surface area contributed by atoms with Crippen molar-refractivity contribution in [2.45, 2.75) is 17.9 Å². The van der Waals surface area contributed by atoms with Gasteiger partial charge in [-0.1, -0.05) is 17.7 Å². The maximum Gasteiger partial charge on any atom is 0.242 e. The monoisotopic (exact) mass is 304 g/mol. The number of rotatable bonds is 5. The molecule has 1 fully saturated rings. The molecular formula is C12H17ClN2O3S. The summed E-state index contributed by atoms with van der Waals surface area (Å²) in [5, 5.41) is 0.201. The molecule has 0 radical (unpaired) electrons. The quantitative estimate of drug-likeness (QED) is 0.854. The minimum atomic E-state index is -3.60. The first kappa shape index (κ1) is 14.7. The van der Waals surface area contributed by atoms with Crippen LogP contribution in [-0.2, 0) is 21.3 Å². The second-order valence-corrected chi connectivity index (χ2v) is 6.69. The van der Waals surface area contributed by atoms with Crippen LogP contribution in [0.2, 0.25) is 5.02 Å². The van der Waals surface area contributed by atoms with Crippen LogP contribution in [0.4, 0.5) is 0 Å². The van der Waals surface area contributed by atoms with E-state index in [0.29, 0.717) is 19.8 Å². The summed E-state index contributed by atoms with van der Waals surface area (Å²) in [6.07, 6.45) is 0.874. The molecule has 3 N–H and O–H groups in total. The van der Waals surface area contributed by atoms with Crippen LogP contribution < -0.4 is 10.5 Å². The lowest BCUT2D eigenvalue weighted by Gasteiger charge is -2.12. The molecule has 7 heteroatoms. The van der Waals surface area contributed by atoms with E-state index in [9.17, 15) is 8.42 Å². The molecule has 1 aliphatic rings. The predicted octanol–water partition coefficient (Wildman–Crippen LogP) is 1.11. The van der Waals surface area contributed by atoms with Crippen LogP contribution in [0.25, 0.3) is 0 Å². The number of nitrogens with one attached hydrogen (secondary N) is 1. The predicted molar refractivity (Wildman–Crippen MR) is 73.5 cm³/mol. The highest BCUT2D eigenvalue weighted by Crippen LogP contribution is 2.23. The molecule has 0 saturated carbocycles. The minimum absolute atomic E-state index is 0.0797. The van der Waals surface area contributed by atoms with Gasteiger partial charge in [0.15, 0.2) is 0 Å². The average Bonchev–Trinajstić information content (AvgIpc) is 2.90. The molecule has 1 saturated heterocycles. The van der Waals surface area contributed by atoms with Gasteiger partial charge in [-0.2, -0.15) is 0 Å². The SMILES string of the molecule is NCc1ccc(Cl)c(S(=O)(=O)NCC2CCOC2)c1. The zero-order chi connectivity index (χ0) is 13.9. The van der Waals surface area contributed by atoms with Gasteiger partial charge in [-0.3, -0.25) is 0 Å². The Balaban J connectivity index is 2.13. The van der Waals surface area contributed by atoms with Gasteiger partial charge >= 0.3 is 0 Å². The smallest absolute Gasteiger partial charge is 0.242 e. The summed E-state index contributed by atoms with van der Waals surface area (Å²) in [5.41, 5.74) is 6.24. The Kier molecular flexibility index (Phi) is 4.81. The van der Waals surface area contributed by atoms with E-state index >= 15 is 0 Å². The third kappa shape index (κ3) is 3.67. The van der Waals surface area contributed by atoms with E-state index in [1.165, 1.54) is 6.07 Å². The zero-order valence-corrected chi connectivity index (χ0v) is 12.0. The van der Waals surface area contributed by atoms with Crippen molar-refractivity contribution >= 4 is 21.6 Å². The van der Waals surface area contributed by atoms with Crippen molar-refractivity contribution in [1.82, 2.24) is 4.72 Å². The Hall–Kier alpha value is -0.660. The van der Waals surface area contributed by atoms with Crippen molar-refractivity contribution in [2.75, 3.05) is 19.8 Å². The van der Waals surface area contributed by atoms with Gasteiger partial charge in [0, 0.05) is 19.7 Å². The summed E-state index contributed by atoms with van der Waals surface area (Å²) in [6.45, 7) is 1.93. The molecule has 0 bridgehead atoms. The van der Waals surface area contributed by atoms with Crippen LogP contribution >= 0.6 is 11.6 Å². The second kappa shape index (κ2) is 6.19. The van der Waals surface area contributed by atoms with Crippen molar-refractivity contribution in [3.05, 3.63) is 28.8 Å². The Morgan fingerprint density at radius 1 is 1.47 bits per heavy atom. The highest BCUT2D eigenvalue weighted by atomic mass is 35.5. The van der Waals surface area contributed by atoms with Crippen molar-refractivity contribution < 1.29 is 13.2 Å². The van der Waals surface area contributed by atoms with Crippen LogP contribution in [0.5, 0.6) is 0 Å². The largest absolute Gasteiger partial charge is 0.381 e. The number of halogens is 1. The Bertz CT molecular complexity index is 542. The molecule has 1 heterocycles. The van der Waals surface area contributed by atoms with Gasteiger partial charge in [-0.25, -0.2) is 13.1 Å². The van der Waals surface area contributed by atoms with Gasteiger partial charge in [0.1, 0.15) is 4.90 Å². The van der Waals surface area contributed by atoms with Crippen LogP contribution in [0, 0.1) is 5.92 Å². The van der Waals surface area contributed by atoms with E-state index in [0.717, 1.165) is 12.0 Å². The molecule has 1 atom stereocenters. The van der Waals surface area contributed by atoms with Crippen LogP contribution in [0.1, 0.15) is 12.0 Å². The Morgan fingerprint density at radius 3 is 2.89 bits per heavy atom. The molecule has 1 aromatic rings. The van der Waals surface area contributed by atoms with Crippen LogP contribution in [-0.4, -0.2) is 28.2 Å². The van der Waals surface area contributed by atoms with Crippen LogP contribution in [0.15, 0.2) is 23.1 Å². The van der Waals surface area contributed by atoms with Gasteiger partial charge in [0.25, 0.3) is 0 Å². The number of hydrogen-bond acceptors (Lipinski definition) is 4. The zero-order valence-electron chi connectivity index (χ0n) is 10.4. The van der Waals surface area contributed by atoms with Crippen molar-refractivity contribution in [1.29, 1.82) is 0 Å². The van der Waals surface area contributed by atoms with Crippen molar-refractivity contribution in [2.24, 2.45) is 11.7 Å². The van der Waals surface area contributed by atoms with E-state index in [4.69, 9.17) is 22.1 Å². The number of nitrogens with two attached hydrogens (primary N) is 1. The first-order valence-corrected chi connectivity index (χ1v) is 7.95. The fourth-order valence-electron chi connectivity index (χ4n) is 1.93. The molecule has 2 rings (SSSR count). The molecule has 106 valence electrons. The van der Waals surface area contributed by atoms with E-state index in [-0.39, 0.29) is 22.4 Å². The molecule has 1 aliphatic heterocycles. The van der Waals surface area contributed by atoms with E-state index < -0.39 is 10.0 Å². The topological polar surface area (TPSA) is 81.4 Å². The summed E-state index contributed by atoms with van der Waals surface area (Å²) in [7, 11) is -3.60. The fraction of sp³-hybridized carbons (Fsp3) is 0.500. The summed E-state index contributed by atoms with van der Waals surface area (Å²) < 4.78 is 32.2. The van der Waals surface area contributed by atoms with Gasteiger partial charge in [0.2, 0.25) is 10.0 Å². The maximum atomic E-state index is 12.2. The Morgan fingerprint density at radius 2 is 2.26 bits per heavy atom. The summed E-state index contributed by atoms with van der Waals surface area (Å²) >= 11 is 5.95. The van der Waals surface area contributed by atoms with Crippen molar-refractivity contribution in [3.63, 3.8) is 0 Å². The normalized spacial score (nSPS) is 19.8. The third-order valence-electron chi connectivity index (χ3n) is 3.11. The minimum Gasteiger partial charge on any atom is -0.381 e. The first-order chi connectivity index (χ1) is 9.03. The molecule has 19 heavy (non-hydrogen) atoms. The summed E-state index contributed by atoms with van der Waals surface area (Å²) in [5.74, 6) is 0.228. The second-order valence-electron chi connectivity index (χ2n) is 4.55. The lowest BCUT2D eigenvalue weighted by molar-refractivity contribution is 0.186. The standard InChI is InChI=1S/C12H17ClN2O3S/c13-11-2-1-9(6-14)5-12(11)19(16,17)15-7-10-3-4-18-8-10/h1-2,5,10,15H,3-4,6-8,14H2. The van der Waals surface area contributed by atoms with Gasteiger partial charge in [-0.05, 0) is 30.0 Å². The molecular weight excluding hydrogens is 288 g/mol. The maximum absolute atomic E-state index is 12.2. The number of ether oxygens (including phenoxy) is 1. The van der Waals surface area contributed by atoms with Gasteiger partial charge < -0.3 is 10.5 Å². The molecule has 5 nitrogen and oxygen atoms in total. The first-order valence-electron chi connectivity index (χ1n) is 6.09. The summed E-state index contributed by atoms with van der Waals surface area (Å²) in [4.78, 5) is 0.0797. The third-order valence-corrected chi connectivity index (χ3v) is 5.01. The molecule has 0 aromatic heterocycles. The molecule has 0 aliphatic carbocycles. The lowest BCUT2D eigenvalue weighted by atomic mass is 10.1. The van der Waals surface area contributed by atoms with E-state index in [1.807, 2.05) is 0 Å². The molecule has 1 aromatic carbocycles.